The van der Waals surface area contributed by atoms with Crippen molar-refractivity contribution in [1.29, 1.82) is 0 Å². The van der Waals surface area contributed by atoms with E-state index in [-0.39, 0.29) is 10.8 Å². The number of nitrogens with two attached hydrogens (primary N) is 1. The fraction of sp³-hybridized carbons (Fsp3) is 0. The highest BCUT2D eigenvalue weighted by Crippen LogP contribution is 2.28. The first-order valence-corrected chi connectivity index (χ1v) is 5.70. The van der Waals surface area contributed by atoms with Crippen LogP contribution in [-0.2, 0) is 10.3 Å². The Morgan fingerprint density at radius 2 is 2.08 bits per heavy atom. The zero-order chi connectivity index (χ0) is 10.1. The van der Waals surface area contributed by atoms with E-state index in [9.17, 15) is 8.42 Å². The monoisotopic (exact) mass is 285 g/mol. The van der Waals surface area contributed by atoms with E-state index in [1.165, 1.54) is 12.1 Å². The highest BCUT2D eigenvalue weighted by atomic mass is 79.9. The fourth-order valence-corrected chi connectivity index (χ4v) is 1.60. The summed E-state index contributed by atoms with van der Waals surface area (Å²) in [5, 5.41) is 4.84. The van der Waals surface area contributed by atoms with Crippen LogP contribution >= 0.6 is 27.5 Å². The lowest BCUT2D eigenvalue weighted by atomic mass is 10.3. The predicted octanol–water partition coefficient (Wildman–Crippen LogP) is 1.68. The Bertz CT molecular complexity index is 420. The van der Waals surface area contributed by atoms with Gasteiger partial charge < -0.3 is 4.18 Å². The number of hydrogen-bond acceptors (Lipinski definition) is 3. The van der Waals surface area contributed by atoms with Gasteiger partial charge in [0.25, 0.3) is 0 Å². The van der Waals surface area contributed by atoms with Crippen molar-refractivity contribution in [2.75, 3.05) is 0 Å². The Balaban J connectivity index is 3.08. The lowest BCUT2D eigenvalue weighted by Gasteiger charge is -2.04. The smallest absolute Gasteiger partial charge is 0.369 e. The molecule has 1 aromatic rings. The third-order valence-corrected chi connectivity index (χ3v) is 2.32. The van der Waals surface area contributed by atoms with Crippen LogP contribution in [0.25, 0.3) is 0 Å². The third-order valence-electron chi connectivity index (χ3n) is 1.10. The number of rotatable bonds is 2. The van der Waals surface area contributed by atoms with Crippen molar-refractivity contribution in [3.8, 4) is 5.75 Å². The highest BCUT2D eigenvalue weighted by Gasteiger charge is 2.09. The van der Waals surface area contributed by atoms with Gasteiger partial charge in [0, 0.05) is 4.47 Å². The standard InChI is InChI=1S/C6H5BrClNO3S/c7-4-1-2-5(8)6(3-4)12-13(9,10)11/h1-3H,(H2,9,10,11). The predicted molar refractivity (Wildman–Crippen MR) is 52.9 cm³/mol. The topological polar surface area (TPSA) is 69.4 Å². The SMILES string of the molecule is NS(=O)(=O)Oc1cc(Br)ccc1Cl. The Labute approximate surface area is 89.0 Å². The van der Waals surface area contributed by atoms with Crippen LogP contribution in [0.4, 0.5) is 0 Å². The van der Waals surface area contributed by atoms with Gasteiger partial charge >= 0.3 is 10.3 Å². The van der Waals surface area contributed by atoms with Crippen LogP contribution in [-0.4, -0.2) is 8.42 Å². The maximum atomic E-state index is 10.5. The largest absolute Gasteiger partial charge is 0.380 e. The molecular formula is C6H5BrClNO3S. The quantitative estimate of drug-likeness (QED) is 0.899. The van der Waals surface area contributed by atoms with E-state index in [4.69, 9.17) is 11.6 Å². The van der Waals surface area contributed by atoms with Gasteiger partial charge in [-0.2, -0.15) is 13.6 Å². The van der Waals surface area contributed by atoms with Gasteiger partial charge in [-0.3, -0.25) is 0 Å². The molecule has 0 aliphatic carbocycles. The van der Waals surface area contributed by atoms with Gasteiger partial charge in [-0.1, -0.05) is 27.5 Å². The highest BCUT2D eigenvalue weighted by molar-refractivity contribution is 9.10. The normalized spacial score (nSPS) is 11.3. The molecule has 0 atom stereocenters. The minimum Gasteiger partial charge on any atom is -0.369 e. The molecule has 1 aromatic carbocycles. The van der Waals surface area contributed by atoms with Crippen LogP contribution in [0.2, 0.25) is 5.02 Å². The van der Waals surface area contributed by atoms with Crippen molar-refractivity contribution >= 4 is 37.8 Å². The first-order chi connectivity index (χ1) is 5.88. The molecule has 2 N–H and O–H groups in total. The van der Waals surface area contributed by atoms with Crippen LogP contribution < -0.4 is 9.32 Å². The lowest BCUT2D eigenvalue weighted by Crippen LogP contribution is -2.19. The molecule has 4 nitrogen and oxygen atoms in total. The van der Waals surface area contributed by atoms with Gasteiger partial charge in [0.15, 0.2) is 5.75 Å². The second kappa shape index (κ2) is 3.83. The average Bonchev–Trinajstić information content (AvgIpc) is 1.94. The molecule has 72 valence electrons. The Kier molecular flexibility index (Phi) is 3.18. The van der Waals surface area contributed by atoms with E-state index in [0.717, 1.165) is 0 Å². The molecule has 0 unspecified atom stereocenters. The maximum absolute atomic E-state index is 10.5. The van der Waals surface area contributed by atoms with Crippen molar-refractivity contribution < 1.29 is 12.6 Å². The Morgan fingerprint density at radius 1 is 1.46 bits per heavy atom. The first-order valence-electron chi connectivity index (χ1n) is 3.06. The average molecular weight is 287 g/mol. The molecule has 0 heterocycles. The molecule has 0 radical (unpaired) electrons. The molecule has 0 spiro atoms. The van der Waals surface area contributed by atoms with E-state index in [2.05, 4.69) is 25.3 Å². The van der Waals surface area contributed by atoms with E-state index in [1.807, 2.05) is 0 Å². The summed E-state index contributed by atoms with van der Waals surface area (Å²) in [6.45, 7) is 0. The van der Waals surface area contributed by atoms with Crippen LogP contribution in [0.1, 0.15) is 0 Å². The van der Waals surface area contributed by atoms with Gasteiger partial charge in [-0.05, 0) is 18.2 Å². The van der Waals surface area contributed by atoms with Gasteiger partial charge in [0.05, 0.1) is 5.02 Å². The van der Waals surface area contributed by atoms with Gasteiger partial charge in [-0.25, -0.2) is 0 Å². The molecule has 0 aromatic heterocycles. The van der Waals surface area contributed by atoms with E-state index < -0.39 is 10.3 Å². The Hall–Kier alpha value is -0.300. The summed E-state index contributed by atoms with van der Waals surface area (Å²) in [5.41, 5.74) is 0. The lowest BCUT2D eigenvalue weighted by molar-refractivity contribution is 0.487. The van der Waals surface area contributed by atoms with Crippen LogP contribution in [0.3, 0.4) is 0 Å². The molecule has 0 saturated carbocycles. The van der Waals surface area contributed by atoms with E-state index in [0.29, 0.717) is 4.47 Å². The molecule has 0 aliphatic rings. The van der Waals surface area contributed by atoms with Crippen molar-refractivity contribution in [1.82, 2.24) is 0 Å². The summed E-state index contributed by atoms with van der Waals surface area (Å²) in [6, 6.07) is 4.55. The van der Waals surface area contributed by atoms with Gasteiger partial charge in [0.1, 0.15) is 0 Å². The summed E-state index contributed by atoms with van der Waals surface area (Å²) < 4.78 is 26.1. The minimum atomic E-state index is -4.02. The molecule has 1 rings (SSSR count). The van der Waals surface area contributed by atoms with Crippen molar-refractivity contribution in [3.05, 3.63) is 27.7 Å². The second-order valence-corrected chi connectivity index (χ2v) is 4.63. The van der Waals surface area contributed by atoms with Crippen molar-refractivity contribution in [3.63, 3.8) is 0 Å². The zero-order valence-corrected chi connectivity index (χ0v) is 9.36. The minimum absolute atomic E-state index is 0.00135. The van der Waals surface area contributed by atoms with Gasteiger partial charge in [-0.15, -0.1) is 0 Å². The van der Waals surface area contributed by atoms with Crippen LogP contribution in [0.5, 0.6) is 5.75 Å². The van der Waals surface area contributed by atoms with E-state index >= 15 is 0 Å². The molecule has 0 bridgehead atoms. The molecule has 0 amide bonds. The Morgan fingerprint density at radius 3 is 2.62 bits per heavy atom. The summed E-state index contributed by atoms with van der Waals surface area (Å²) in [7, 11) is -4.02. The molecule has 0 fully saturated rings. The van der Waals surface area contributed by atoms with E-state index in [1.54, 1.807) is 6.07 Å². The first kappa shape index (κ1) is 10.8. The summed E-state index contributed by atoms with van der Waals surface area (Å²) in [6.07, 6.45) is 0. The number of halogens is 2. The van der Waals surface area contributed by atoms with Crippen molar-refractivity contribution in [2.45, 2.75) is 0 Å². The molecule has 0 saturated heterocycles. The van der Waals surface area contributed by atoms with Gasteiger partial charge in [0.2, 0.25) is 0 Å². The summed E-state index contributed by atoms with van der Waals surface area (Å²) in [5.74, 6) is -0.00135. The number of hydrogen-bond donors (Lipinski definition) is 1. The fourth-order valence-electron chi connectivity index (χ4n) is 0.666. The molecule has 13 heavy (non-hydrogen) atoms. The van der Waals surface area contributed by atoms with Crippen LogP contribution in [0, 0.1) is 0 Å². The zero-order valence-electron chi connectivity index (χ0n) is 6.20. The molecule has 7 heteroatoms. The number of benzene rings is 1. The maximum Gasteiger partial charge on any atom is 0.380 e. The third kappa shape index (κ3) is 3.51. The van der Waals surface area contributed by atoms with Crippen molar-refractivity contribution in [2.24, 2.45) is 5.14 Å². The summed E-state index contributed by atoms with van der Waals surface area (Å²) in [4.78, 5) is 0. The molecular weight excluding hydrogens is 281 g/mol. The van der Waals surface area contributed by atoms with Crippen LogP contribution in [0.15, 0.2) is 22.7 Å². The summed E-state index contributed by atoms with van der Waals surface area (Å²) >= 11 is 8.77. The second-order valence-electron chi connectivity index (χ2n) is 2.15. The molecule has 0 aliphatic heterocycles.